The van der Waals surface area contributed by atoms with Crippen LogP contribution in [0.15, 0.2) is 24.3 Å². The summed E-state index contributed by atoms with van der Waals surface area (Å²) in [6, 6.07) is 9.11. The van der Waals surface area contributed by atoms with Gasteiger partial charge in [0.25, 0.3) is 0 Å². The van der Waals surface area contributed by atoms with E-state index in [2.05, 4.69) is 31.2 Å². The minimum Gasteiger partial charge on any atom is -0.117 e. The topological polar surface area (TPSA) is 0 Å². The minimum absolute atomic E-state index is 0.258. The van der Waals surface area contributed by atoms with Crippen molar-refractivity contribution in [3.8, 4) is 0 Å². The molecule has 0 bridgehead atoms. The molecule has 0 N–H and O–H groups in total. The van der Waals surface area contributed by atoms with Gasteiger partial charge in [0.15, 0.2) is 0 Å². The Morgan fingerprint density at radius 1 is 1.11 bits per heavy atom. The lowest BCUT2D eigenvalue weighted by Gasteiger charge is -2.10. The van der Waals surface area contributed by atoms with E-state index in [4.69, 9.17) is 11.6 Å². The van der Waals surface area contributed by atoms with Crippen LogP contribution in [-0.4, -0.2) is 0 Å². The van der Waals surface area contributed by atoms with Gasteiger partial charge in [-0.25, -0.2) is 0 Å². The van der Waals surface area contributed by atoms with E-state index in [-0.39, 0.29) is 5.38 Å². The summed E-state index contributed by atoms with van der Waals surface area (Å²) in [4.78, 5) is 0. The number of hydrogen-bond acceptors (Lipinski definition) is 0. The maximum absolute atomic E-state index is 6.74. The Bertz CT molecular complexity index is 396. The third-order valence-electron chi connectivity index (χ3n) is 5.18. The van der Waals surface area contributed by atoms with Crippen LogP contribution >= 0.6 is 11.6 Å². The zero-order valence-corrected chi connectivity index (χ0v) is 12.7. The predicted octanol–water partition coefficient (Wildman–Crippen LogP) is 5.75. The average Bonchev–Trinajstić information content (AvgIpc) is 3.19. The number of benzene rings is 1. The van der Waals surface area contributed by atoms with Gasteiger partial charge >= 0.3 is 0 Å². The summed E-state index contributed by atoms with van der Waals surface area (Å²) >= 11 is 6.74. The Morgan fingerprint density at radius 2 is 1.74 bits per heavy atom. The van der Waals surface area contributed by atoms with Crippen LogP contribution < -0.4 is 0 Å². The highest BCUT2D eigenvalue weighted by atomic mass is 35.5. The van der Waals surface area contributed by atoms with Gasteiger partial charge in [-0.3, -0.25) is 0 Å². The van der Waals surface area contributed by atoms with Crippen molar-refractivity contribution in [2.24, 2.45) is 17.8 Å². The molecule has 0 saturated heterocycles. The smallest absolute Gasteiger partial charge is 0.0618 e. The van der Waals surface area contributed by atoms with Crippen molar-refractivity contribution in [1.82, 2.24) is 0 Å². The lowest BCUT2D eigenvalue weighted by molar-refractivity contribution is 0.480. The second kappa shape index (κ2) is 5.87. The van der Waals surface area contributed by atoms with Gasteiger partial charge in [-0.15, -0.1) is 11.6 Å². The Labute approximate surface area is 122 Å². The molecular weight excluding hydrogens is 252 g/mol. The van der Waals surface area contributed by atoms with Crippen LogP contribution in [0.4, 0.5) is 0 Å². The van der Waals surface area contributed by atoms with Crippen molar-refractivity contribution in [2.75, 3.05) is 0 Å². The first-order valence-electron chi connectivity index (χ1n) is 8.04. The first-order valence-corrected chi connectivity index (χ1v) is 8.48. The van der Waals surface area contributed by atoms with Crippen LogP contribution in [0.2, 0.25) is 0 Å². The van der Waals surface area contributed by atoms with E-state index in [0.717, 1.165) is 17.8 Å². The van der Waals surface area contributed by atoms with Crippen LogP contribution in [0.5, 0.6) is 0 Å². The molecule has 0 amide bonds. The molecule has 3 unspecified atom stereocenters. The minimum atomic E-state index is 0.258. The largest absolute Gasteiger partial charge is 0.117 e. The molecule has 2 saturated carbocycles. The number of unbranched alkanes of at least 4 members (excludes halogenated alkanes) is 1. The molecule has 0 nitrogen and oxygen atoms in total. The lowest BCUT2D eigenvalue weighted by atomic mass is 10.0. The van der Waals surface area contributed by atoms with Gasteiger partial charge in [-0.1, -0.05) is 50.5 Å². The van der Waals surface area contributed by atoms with Gasteiger partial charge in [0.1, 0.15) is 0 Å². The van der Waals surface area contributed by atoms with Crippen molar-refractivity contribution < 1.29 is 0 Å². The molecule has 1 heteroatoms. The molecule has 104 valence electrons. The fourth-order valence-corrected chi connectivity index (χ4v) is 4.47. The van der Waals surface area contributed by atoms with Crippen LogP contribution in [0.25, 0.3) is 0 Å². The molecule has 0 spiro atoms. The molecule has 0 heterocycles. The van der Waals surface area contributed by atoms with Gasteiger partial charge in [-0.05, 0) is 54.6 Å². The van der Waals surface area contributed by atoms with Gasteiger partial charge < -0.3 is 0 Å². The fraction of sp³-hybridized carbons (Fsp3) is 0.667. The third kappa shape index (κ3) is 2.84. The maximum atomic E-state index is 6.74. The molecule has 2 aliphatic carbocycles. The maximum Gasteiger partial charge on any atom is 0.0618 e. The number of alkyl halides is 1. The molecular formula is C18H25Cl. The molecule has 1 aromatic rings. The molecule has 0 aromatic heterocycles. The summed E-state index contributed by atoms with van der Waals surface area (Å²) in [5, 5.41) is 0.258. The van der Waals surface area contributed by atoms with E-state index in [9.17, 15) is 0 Å². The lowest BCUT2D eigenvalue weighted by Crippen LogP contribution is -1.96. The van der Waals surface area contributed by atoms with Crippen molar-refractivity contribution in [1.29, 1.82) is 0 Å². The van der Waals surface area contributed by atoms with Gasteiger partial charge in [0, 0.05) is 0 Å². The van der Waals surface area contributed by atoms with Gasteiger partial charge in [0.2, 0.25) is 0 Å². The van der Waals surface area contributed by atoms with Gasteiger partial charge in [-0.2, -0.15) is 0 Å². The monoisotopic (exact) mass is 276 g/mol. The van der Waals surface area contributed by atoms with Crippen LogP contribution in [0, 0.1) is 17.8 Å². The fourth-order valence-electron chi connectivity index (χ4n) is 3.95. The Morgan fingerprint density at radius 3 is 2.32 bits per heavy atom. The van der Waals surface area contributed by atoms with E-state index in [0.29, 0.717) is 0 Å². The number of rotatable bonds is 5. The second-order valence-electron chi connectivity index (χ2n) is 6.44. The first-order chi connectivity index (χ1) is 9.31. The summed E-state index contributed by atoms with van der Waals surface area (Å²) in [6.07, 6.45) is 9.47. The van der Waals surface area contributed by atoms with Crippen LogP contribution in [0.1, 0.15) is 62.0 Å². The van der Waals surface area contributed by atoms with Crippen LogP contribution in [0.3, 0.4) is 0 Å². The molecule has 1 aromatic carbocycles. The van der Waals surface area contributed by atoms with Crippen molar-refractivity contribution in [3.05, 3.63) is 35.4 Å². The predicted molar refractivity (Wildman–Crippen MR) is 82.6 cm³/mol. The Hall–Kier alpha value is -0.490. The highest BCUT2D eigenvalue weighted by Gasteiger charge is 2.53. The first kappa shape index (κ1) is 13.5. The summed E-state index contributed by atoms with van der Waals surface area (Å²) in [5.41, 5.74) is 2.81. The van der Waals surface area contributed by atoms with E-state index in [1.807, 2.05) is 0 Å². The van der Waals surface area contributed by atoms with Crippen LogP contribution in [-0.2, 0) is 6.42 Å². The third-order valence-corrected chi connectivity index (χ3v) is 5.72. The van der Waals surface area contributed by atoms with E-state index >= 15 is 0 Å². The summed E-state index contributed by atoms with van der Waals surface area (Å²) in [5.74, 6) is 2.65. The van der Waals surface area contributed by atoms with Gasteiger partial charge in [0.05, 0.1) is 5.38 Å². The summed E-state index contributed by atoms with van der Waals surface area (Å²) in [7, 11) is 0. The quantitative estimate of drug-likeness (QED) is 0.601. The SMILES string of the molecule is CCCCc1ccc(C(Cl)C2C3CCCCC32)cc1. The molecule has 0 aliphatic heterocycles. The number of fused-ring (bicyclic) bond motifs is 1. The molecule has 0 radical (unpaired) electrons. The Kier molecular flexibility index (Phi) is 4.17. The molecule has 3 rings (SSSR count). The molecule has 2 aliphatic rings. The Balaban J connectivity index is 1.62. The van der Waals surface area contributed by atoms with E-state index < -0.39 is 0 Å². The highest BCUT2D eigenvalue weighted by Crippen LogP contribution is 2.62. The van der Waals surface area contributed by atoms with E-state index in [1.54, 1.807) is 0 Å². The number of halogens is 1. The standard InChI is InChI=1S/C18H25Cl/c1-2-3-6-13-9-11-14(12-10-13)18(19)17-15-7-4-5-8-16(15)17/h9-12,15-18H,2-8H2,1H3. The normalized spacial score (nSPS) is 30.7. The zero-order valence-electron chi connectivity index (χ0n) is 11.9. The zero-order chi connectivity index (χ0) is 13.2. The van der Waals surface area contributed by atoms with Crippen molar-refractivity contribution >= 4 is 11.6 Å². The van der Waals surface area contributed by atoms with Crippen molar-refractivity contribution in [2.45, 2.75) is 57.2 Å². The average molecular weight is 277 g/mol. The molecule has 19 heavy (non-hydrogen) atoms. The van der Waals surface area contributed by atoms with E-state index in [1.165, 1.54) is 56.1 Å². The number of aryl methyl sites for hydroxylation is 1. The second-order valence-corrected chi connectivity index (χ2v) is 6.91. The molecule has 3 atom stereocenters. The summed E-state index contributed by atoms with van der Waals surface area (Å²) in [6.45, 7) is 2.25. The molecule has 2 fully saturated rings. The summed E-state index contributed by atoms with van der Waals surface area (Å²) < 4.78 is 0. The number of hydrogen-bond donors (Lipinski definition) is 0. The highest BCUT2D eigenvalue weighted by molar-refractivity contribution is 6.21. The van der Waals surface area contributed by atoms with Crippen molar-refractivity contribution in [3.63, 3.8) is 0 Å².